The zero-order chi connectivity index (χ0) is 18.5. The highest BCUT2D eigenvalue weighted by Gasteiger charge is 2.13. The molecule has 0 aliphatic carbocycles. The zero-order valence-electron chi connectivity index (χ0n) is 14.3. The predicted molar refractivity (Wildman–Crippen MR) is 100 cm³/mol. The van der Waals surface area contributed by atoms with Crippen molar-refractivity contribution in [2.45, 2.75) is 26.5 Å². The summed E-state index contributed by atoms with van der Waals surface area (Å²) >= 11 is 6.01. The fourth-order valence-corrected chi connectivity index (χ4v) is 2.78. The highest BCUT2D eigenvalue weighted by molar-refractivity contribution is 6.30. The number of benzene rings is 2. The summed E-state index contributed by atoms with van der Waals surface area (Å²) in [5.74, 6) is -0.167. The third-order valence-electron chi connectivity index (χ3n) is 4.05. The molecule has 1 heterocycles. The number of hydrogen-bond acceptors (Lipinski definition) is 4. The molecule has 0 atom stereocenters. The van der Waals surface area contributed by atoms with Crippen molar-refractivity contribution in [1.82, 2.24) is 15.0 Å². The normalized spacial score (nSPS) is 10.7. The fourth-order valence-electron chi connectivity index (χ4n) is 2.57. The molecule has 0 aliphatic heterocycles. The number of nitrogens with zero attached hydrogens (tertiary/aromatic N) is 3. The van der Waals surface area contributed by atoms with Crippen LogP contribution in [0.2, 0.25) is 5.02 Å². The van der Waals surface area contributed by atoms with Gasteiger partial charge >= 0.3 is 0 Å². The van der Waals surface area contributed by atoms with Gasteiger partial charge < -0.3 is 10.4 Å². The van der Waals surface area contributed by atoms with Gasteiger partial charge in [-0.05, 0) is 42.3 Å². The van der Waals surface area contributed by atoms with Crippen molar-refractivity contribution in [2.75, 3.05) is 5.32 Å². The molecule has 134 valence electrons. The van der Waals surface area contributed by atoms with Gasteiger partial charge in [0.05, 0.1) is 31.0 Å². The Kier molecular flexibility index (Phi) is 5.65. The maximum absolute atomic E-state index is 12.2. The first kappa shape index (κ1) is 18.1. The molecule has 0 radical (unpaired) electrons. The minimum atomic E-state index is -0.167. The molecule has 3 aromatic rings. The number of aliphatic hydroxyl groups excluding tert-OH is 1. The van der Waals surface area contributed by atoms with Crippen molar-refractivity contribution >= 4 is 23.2 Å². The lowest BCUT2D eigenvalue weighted by Gasteiger charge is -2.06. The minimum Gasteiger partial charge on any atom is -0.392 e. The molecule has 0 fully saturated rings. The van der Waals surface area contributed by atoms with Crippen molar-refractivity contribution in [3.63, 3.8) is 0 Å². The van der Waals surface area contributed by atoms with E-state index in [0.717, 1.165) is 16.8 Å². The van der Waals surface area contributed by atoms with Gasteiger partial charge in [0, 0.05) is 10.7 Å². The van der Waals surface area contributed by atoms with Crippen LogP contribution in [0, 0.1) is 6.92 Å². The predicted octanol–water partition coefficient (Wildman–Crippen LogP) is 2.96. The number of hydrogen-bond donors (Lipinski definition) is 2. The zero-order valence-corrected chi connectivity index (χ0v) is 15.1. The van der Waals surface area contributed by atoms with Crippen LogP contribution in [0.25, 0.3) is 0 Å². The van der Waals surface area contributed by atoms with Crippen molar-refractivity contribution in [3.8, 4) is 0 Å². The lowest BCUT2D eigenvalue weighted by Crippen LogP contribution is -2.15. The Morgan fingerprint density at radius 2 is 1.96 bits per heavy atom. The monoisotopic (exact) mass is 370 g/mol. The minimum absolute atomic E-state index is 0.0247. The summed E-state index contributed by atoms with van der Waals surface area (Å²) in [5, 5.41) is 20.8. The summed E-state index contributed by atoms with van der Waals surface area (Å²) in [6.07, 6.45) is 0.142. The van der Waals surface area contributed by atoms with Crippen molar-refractivity contribution in [1.29, 1.82) is 0 Å². The molecule has 2 aromatic carbocycles. The summed E-state index contributed by atoms with van der Waals surface area (Å²) in [7, 11) is 0. The molecule has 1 aromatic heterocycles. The van der Waals surface area contributed by atoms with E-state index in [1.54, 1.807) is 28.9 Å². The molecule has 0 saturated carbocycles. The number of rotatable bonds is 6. The summed E-state index contributed by atoms with van der Waals surface area (Å²) in [6, 6.07) is 14.6. The SMILES string of the molecule is Cc1c(CC(=O)Nc2ccc(CO)cc2)nnn1Cc1cccc(Cl)c1. The first-order chi connectivity index (χ1) is 12.5. The Balaban J connectivity index is 1.64. The molecule has 0 spiro atoms. The molecule has 3 rings (SSSR count). The third-order valence-corrected chi connectivity index (χ3v) is 4.28. The van der Waals surface area contributed by atoms with Crippen LogP contribution in [-0.4, -0.2) is 26.0 Å². The average molecular weight is 371 g/mol. The van der Waals surface area contributed by atoms with E-state index in [-0.39, 0.29) is 18.9 Å². The molecule has 0 bridgehead atoms. The number of nitrogens with one attached hydrogen (secondary N) is 1. The van der Waals surface area contributed by atoms with Gasteiger partial charge in [0.2, 0.25) is 5.91 Å². The lowest BCUT2D eigenvalue weighted by atomic mass is 10.2. The fraction of sp³-hybridized carbons (Fsp3) is 0.211. The molecule has 0 aliphatic rings. The van der Waals surface area contributed by atoms with Crippen LogP contribution in [0.3, 0.4) is 0 Å². The second kappa shape index (κ2) is 8.12. The van der Waals surface area contributed by atoms with Gasteiger partial charge in [-0.3, -0.25) is 4.79 Å². The van der Waals surface area contributed by atoms with E-state index in [9.17, 15) is 4.79 Å². The maximum Gasteiger partial charge on any atom is 0.230 e. The Labute approximate surface area is 156 Å². The topological polar surface area (TPSA) is 80.0 Å². The van der Waals surface area contributed by atoms with E-state index in [0.29, 0.717) is 22.9 Å². The number of carbonyl (C=O) groups is 1. The van der Waals surface area contributed by atoms with Crippen LogP contribution in [0.4, 0.5) is 5.69 Å². The highest BCUT2D eigenvalue weighted by Crippen LogP contribution is 2.14. The van der Waals surface area contributed by atoms with Gasteiger partial charge in [0.1, 0.15) is 0 Å². The lowest BCUT2D eigenvalue weighted by molar-refractivity contribution is -0.115. The Hall–Kier alpha value is -2.70. The molecular formula is C19H19ClN4O2. The summed E-state index contributed by atoms with van der Waals surface area (Å²) in [6.45, 7) is 2.41. The molecule has 26 heavy (non-hydrogen) atoms. The van der Waals surface area contributed by atoms with Crippen molar-refractivity contribution in [2.24, 2.45) is 0 Å². The average Bonchev–Trinajstić information content (AvgIpc) is 2.96. The Morgan fingerprint density at radius 1 is 1.19 bits per heavy atom. The quantitative estimate of drug-likeness (QED) is 0.699. The molecular weight excluding hydrogens is 352 g/mol. The van der Waals surface area contributed by atoms with Crippen LogP contribution in [0.5, 0.6) is 0 Å². The third kappa shape index (κ3) is 4.47. The van der Waals surface area contributed by atoms with Crippen LogP contribution in [0.15, 0.2) is 48.5 Å². The Morgan fingerprint density at radius 3 is 2.65 bits per heavy atom. The van der Waals surface area contributed by atoms with E-state index in [1.807, 2.05) is 31.2 Å². The molecule has 0 unspecified atom stereocenters. The van der Waals surface area contributed by atoms with Crippen LogP contribution in [-0.2, 0) is 24.4 Å². The summed E-state index contributed by atoms with van der Waals surface area (Å²) in [4.78, 5) is 12.2. The largest absolute Gasteiger partial charge is 0.392 e. The van der Waals surface area contributed by atoms with E-state index < -0.39 is 0 Å². The molecule has 1 amide bonds. The second-order valence-electron chi connectivity index (χ2n) is 5.99. The van der Waals surface area contributed by atoms with E-state index in [1.165, 1.54) is 0 Å². The smallest absolute Gasteiger partial charge is 0.230 e. The number of aromatic nitrogens is 3. The second-order valence-corrected chi connectivity index (χ2v) is 6.43. The first-order valence-corrected chi connectivity index (χ1v) is 8.56. The van der Waals surface area contributed by atoms with Gasteiger partial charge in [-0.15, -0.1) is 5.10 Å². The van der Waals surface area contributed by atoms with Crippen LogP contribution in [0.1, 0.15) is 22.5 Å². The number of aliphatic hydroxyl groups is 1. The van der Waals surface area contributed by atoms with Gasteiger partial charge in [0.25, 0.3) is 0 Å². The van der Waals surface area contributed by atoms with Crippen molar-refractivity contribution in [3.05, 3.63) is 76.1 Å². The van der Waals surface area contributed by atoms with Gasteiger partial charge in [-0.25, -0.2) is 4.68 Å². The molecule has 6 nitrogen and oxygen atoms in total. The first-order valence-electron chi connectivity index (χ1n) is 8.18. The molecule has 7 heteroatoms. The van der Waals surface area contributed by atoms with E-state index >= 15 is 0 Å². The standard InChI is InChI=1S/C19H19ClN4O2/c1-13-18(10-19(26)21-17-7-5-14(12-25)6-8-17)22-23-24(13)11-15-3-2-4-16(20)9-15/h2-9,25H,10-12H2,1H3,(H,21,26). The summed E-state index contributed by atoms with van der Waals surface area (Å²) < 4.78 is 1.75. The highest BCUT2D eigenvalue weighted by atomic mass is 35.5. The van der Waals surface area contributed by atoms with E-state index in [2.05, 4.69) is 15.6 Å². The number of carbonyl (C=O) groups excluding carboxylic acids is 1. The summed E-state index contributed by atoms with van der Waals surface area (Å²) in [5.41, 5.74) is 3.97. The maximum atomic E-state index is 12.2. The van der Waals surface area contributed by atoms with Crippen LogP contribution >= 0.6 is 11.6 Å². The van der Waals surface area contributed by atoms with E-state index in [4.69, 9.17) is 16.7 Å². The Bertz CT molecular complexity index is 906. The van der Waals surface area contributed by atoms with Gasteiger partial charge in [-0.1, -0.05) is 41.1 Å². The van der Waals surface area contributed by atoms with Gasteiger partial charge in [-0.2, -0.15) is 0 Å². The number of halogens is 1. The number of amides is 1. The van der Waals surface area contributed by atoms with Crippen molar-refractivity contribution < 1.29 is 9.90 Å². The molecule has 0 saturated heterocycles. The van der Waals surface area contributed by atoms with Gasteiger partial charge in [0.15, 0.2) is 0 Å². The van der Waals surface area contributed by atoms with Crippen LogP contribution < -0.4 is 5.32 Å². The molecule has 2 N–H and O–H groups in total. The number of anilines is 1.